The lowest BCUT2D eigenvalue weighted by Gasteiger charge is -2.08. The molecule has 0 bridgehead atoms. The fraction of sp³-hybridized carbons (Fsp3) is 0.143. The highest BCUT2D eigenvalue weighted by atomic mass is 19.1. The molecule has 0 radical (unpaired) electrons. The summed E-state index contributed by atoms with van der Waals surface area (Å²) in [4.78, 5) is 0. The van der Waals surface area contributed by atoms with Gasteiger partial charge in [-0.25, -0.2) is 8.78 Å². The van der Waals surface area contributed by atoms with E-state index in [1.807, 2.05) is 24.3 Å². The van der Waals surface area contributed by atoms with Gasteiger partial charge in [0.05, 0.1) is 0 Å². The number of rotatable bonds is 4. The van der Waals surface area contributed by atoms with Gasteiger partial charge in [0, 0.05) is 12.6 Å². The Kier molecular flexibility index (Phi) is 3.89. The number of nitrogens with two attached hydrogens (primary N) is 1. The van der Waals surface area contributed by atoms with Crippen LogP contribution in [-0.4, -0.2) is 0 Å². The molecule has 0 atom stereocenters. The summed E-state index contributed by atoms with van der Waals surface area (Å²) in [6.07, 6.45) is 0. The van der Waals surface area contributed by atoms with Crippen molar-refractivity contribution in [1.29, 1.82) is 0 Å². The Morgan fingerprint density at radius 2 is 1.78 bits per heavy atom. The van der Waals surface area contributed by atoms with Gasteiger partial charge in [-0.1, -0.05) is 24.3 Å². The van der Waals surface area contributed by atoms with Gasteiger partial charge in [0.15, 0.2) is 11.6 Å². The number of hydrogen-bond acceptors (Lipinski definition) is 2. The first-order valence-electron chi connectivity index (χ1n) is 5.55. The van der Waals surface area contributed by atoms with E-state index >= 15 is 0 Å². The second-order valence-corrected chi connectivity index (χ2v) is 3.89. The van der Waals surface area contributed by atoms with Gasteiger partial charge in [-0.15, -0.1) is 0 Å². The van der Waals surface area contributed by atoms with E-state index in [2.05, 4.69) is 0 Å². The van der Waals surface area contributed by atoms with Gasteiger partial charge in [-0.3, -0.25) is 0 Å². The summed E-state index contributed by atoms with van der Waals surface area (Å²) in [5, 5.41) is 0. The van der Waals surface area contributed by atoms with E-state index in [1.54, 1.807) is 0 Å². The van der Waals surface area contributed by atoms with Crippen LogP contribution in [0.5, 0.6) is 5.75 Å². The molecule has 0 aromatic heterocycles. The minimum absolute atomic E-state index is 0.0366. The maximum atomic E-state index is 13.3. The molecule has 0 saturated heterocycles. The van der Waals surface area contributed by atoms with Gasteiger partial charge in [0.25, 0.3) is 0 Å². The summed E-state index contributed by atoms with van der Waals surface area (Å²) in [5.41, 5.74) is 7.40. The SMILES string of the molecule is NCc1cccc(COc2ccc(F)cc2F)c1. The predicted octanol–water partition coefficient (Wildman–Crippen LogP) is 3.00. The molecular weight excluding hydrogens is 236 g/mol. The molecule has 2 N–H and O–H groups in total. The molecule has 0 saturated carbocycles. The molecule has 2 nitrogen and oxygen atoms in total. The summed E-state index contributed by atoms with van der Waals surface area (Å²) in [6, 6.07) is 10.8. The molecule has 18 heavy (non-hydrogen) atoms. The molecule has 2 aromatic rings. The Morgan fingerprint density at radius 1 is 1.00 bits per heavy atom. The number of benzene rings is 2. The summed E-state index contributed by atoms with van der Waals surface area (Å²) in [6.45, 7) is 0.662. The van der Waals surface area contributed by atoms with Crippen molar-refractivity contribution in [1.82, 2.24) is 0 Å². The Morgan fingerprint density at radius 3 is 2.50 bits per heavy atom. The minimum atomic E-state index is -0.704. The Labute approximate surface area is 104 Å². The molecule has 0 unspecified atom stereocenters. The van der Waals surface area contributed by atoms with Crippen LogP contribution in [0.4, 0.5) is 8.78 Å². The van der Waals surface area contributed by atoms with Crippen LogP contribution in [0.15, 0.2) is 42.5 Å². The van der Waals surface area contributed by atoms with Gasteiger partial charge in [-0.05, 0) is 23.3 Å². The topological polar surface area (TPSA) is 35.2 Å². The Balaban J connectivity index is 2.06. The first-order chi connectivity index (χ1) is 8.69. The predicted molar refractivity (Wildman–Crippen MR) is 65.0 cm³/mol. The van der Waals surface area contributed by atoms with Crippen molar-refractivity contribution < 1.29 is 13.5 Å². The fourth-order valence-electron chi connectivity index (χ4n) is 1.60. The first-order valence-corrected chi connectivity index (χ1v) is 5.55. The molecule has 94 valence electrons. The smallest absolute Gasteiger partial charge is 0.167 e. The lowest BCUT2D eigenvalue weighted by molar-refractivity contribution is 0.289. The number of halogens is 2. The lowest BCUT2D eigenvalue weighted by Crippen LogP contribution is -2.00. The Hall–Kier alpha value is -1.94. The average molecular weight is 249 g/mol. The van der Waals surface area contributed by atoms with Crippen LogP contribution < -0.4 is 10.5 Å². The van der Waals surface area contributed by atoms with Crippen molar-refractivity contribution >= 4 is 0 Å². The highest BCUT2D eigenvalue weighted by Gasteiger charge is 2.05. The summed E-state index contributed by atoms with van der Waals surface area (Å²) < 4.78 is 31.3. The minimum Gasteiger partial charge on any atom is -0.486 e. The molecule has 2 rings (SSSR count). The standard InChI is InChI=1S/C14H13F2NO/c15-12-4-5-14(13(16)7-12)18-9-11-3-1-2-10(6-11)8-17/h1-7H,8-9,17H2. The lowest BCUT2D eigenvalue weighted by atomic mass is 10.1. The van der Waals surface area contributed by atoms with E-state index in [4.69, 9.17) is 10.5 Å². The van der Waals surface area contributed by atoms with E-state index in [9.17, 15) is 8.78 Å². The zero-order chi connectivity index (χ0) is 13.0. The van der Waals surface area contributed by atoms with Crippen molar-refractivity contribution in [3.05, 3.63) is 65.2 Å². The monoisotopic (exact) mass is 249 g/mol. The van der Waals surface area contributed by atoms with E-state index in [0.717, 1.165) is 23.3 Å². The first kappa shape index (κ1) is 12.5. The third-order valence-corrected chi connectivity index (χ3v) is 2.52. The second kappa shape index (κ2) is 5.60. The molecule has 0 amide bonds. The summed E-state index contributed by atoms with van der Waals surface area (Å²) in [5.74, 6) is -1.29. The number of hydrogen-bond donors (Lipinski definition) is 1. The zero-order valence-corrected chi connectivity index (χ0v) is 9.70. The molecule has 0 fully saturated rings. The molecule has 0 spiro atoms. The van der Waals surface area contributed by atoms with Crippen molar-refractivity contribution in [2.75, 3.05) is 0 Å². The molecule has 0 aliphatic carbocycles. The van der Waals surface area contributed by atoms with Gasteiger partial charge in [0.1, 0.15) is 12.4 Å². The molecule has 0 aliphatic rings. The van der Waals surface area contributed by atoms with Crippen LogP contribution in [-0.2, 0) is 13.2 Å². The third-order valence-electron chi connectivity index (χ3n) is 2.52. The molecular formula is C14H13F2NO. The van der Waals surface area contributed by atoms with Crippen LogP contribution in [0, 0.1) is 11.6 Å². The summed E-state index contributed by atoms with van der Waals surface area (Å²) >= 11 is 0. The summed E-state index contributed by atoms with van der Waals surface area (Å²) in [7, 11) is 0. The highest BCUT2D eigenvalue weighted by molar-refractivity contribution is 5.26. The van der Waals surface area contributed by atoms with Gasteiger partial charge >= 0.3 is 0 Å². The molecule has 2 aromatic carbocycles. The second-order valence-electron chi connectivity index (χ2n) is 3.89. The normalized spacial score (nSPS) is 10.4. The van der Waals surface area contributed by atoms with Crippen molar-refractivity contribution in [3.63, 3.8) is 0 Å². The van der Waals surface area contributed by atoms with E-state index in [-0.39, 0.29) is 12.4 Å². The number of ether oxygens (including phenoxy) is 1. The van der Waals surface area contributed by atoms with E-state index < -0.39 is 11.6 Å². The molecule has 0 heterocycles. The van der Waals surface area contributed by atoms with Gasteiger partial charge in [-0.2, -0.15) is 0 Å². The third kappa shape index (κ3) is 3.05. The largest absolute Gasteiger partial charge is 0.486 e. The van der Waals surface area contributed by atoms with Gasteiger partial charge in [0.2, 0.25) is 0 Å². The van der Waals surface area contributed by atoms with E-state index in [1.165, 1.54) is 6.07 Å². The van der Waals surface area contributed by atoms with Crippen LogP contribution >= 0.6 is 0 Å². The maximum Gasteiger partial charge on any atom is 0.167 e. The van der Waals surface area contributed by atoms with Crippen molar-refractivity contribution in [3.8, 4) is 5.75 Å². The van der Waals surface area contributed by atoms with Gasteiger partial charge < -0.3 is 10.5 Å². The molecule has 4 heteroatoms. The van der Waals surface area contributed by atoms with Crippen LogP contribution in [0.2, 0.25) is 0 Å². The zero-order valence-electron chi connectivity index (χ0n) is 9.70. The quantitative estimate of drug-likeness (QED) is 0.904. The van der Waals surface area contributed by atoms with Crippen LogP contribution in [0.1, 0.15) is 11.1 Å². The fourth-order valence-corrected chi connectivity index (χ4v) is 1.60. The maximum absolute atomic E-state index is 13.3. The van der Waals surface area contributed by atoms with E-state index in [0.29, 0.717) is 6.54 Å². The molecule has 0 aliphatic heterocycles. The average Bonchev–Trinajstić information content (AvgIpc) is 2.38. The van der Waals surface area contributed by atoms with Crippen LogP contribution in [0.3, 0.4) is 0 Å². The van der Waals surface area contributed by atoms with Crippen molar-refractivity contribution in [2.45, 2.75) is 13.2 Å². The highest BCUT2D eigenvalue weighted by Crippen LogP contribution is 2.19. The van der Waals surface area contributed by atoms with Crippen molar-refractivity contribution in [2.24, 2.45) is 5.73 Å². The van der Waals surface area contributed by atoms with Crippen LogP contribution in [0.25, 0.3) is 0 Å². The Bertz CT molecular complexity index is 543.